The number of benzene rings is 2. The predicted octanol–water partition coefficient (Wildman–Crippen LogP) is 4.14. The third kappa shape index (κ3) is 6.30. The van der Waals surface area contributed by atoms with Crippen molar-refractivity contribution in [2.75, 3.05) is 24.4 Å². The largest absolute Gasteiger partial charge is 0.496 e. The number of methoxy groups -OCH3 is 1. The van der Waals surface area contributed by atoms with Gasteiger partial charge in [0, 0.05) is 5.69 Å². The third-order valence-electron chi connectivity index (χ3n) is 4.34. The van der Waals surface area contributed by atoms with Crippen molar-refractivity contribution in [1.82, 2.24) is 5.32 Å². The molecule has 0 spiro atoms. The van der Waals surface area contributed by atoms with E-state index in [0.717, 1.165) is 24.3 Å². The Hall–Kier alpha value is -2.47. The molecule has 2 amide bonds. The first-order valence-corrected chi connectivity index (χ1v) is 10.8. The number of carbonyl (C=O) groups excluding carboxylic acids is 2. The molecule has 0 fully saturated rings. The molecule has 0 aliphatic carbocycles. The van der Waals surface area contributed by atoms with Gasteiger partial charge in [0.25, 0.3) is 5.91 Å². The zero-order valence-corrected chi connectivity index (χ0v) is 17.5. The molecule has 1 atom stereocenters. The zero-order valence-electron chi connectivity index (χ0n) is 16.7. The van der Waals surface area contributed by atoms with Crippen molar-refractivity contribution in [1.29, 1.82) is 0 Å². The number of ether oxygens (including phenoxy) is 1. The predicted molar refractivity (Wildman–Crippen MR) is 116 cm³/mol. The van der Waals surface area contributed by atoms with Crippen LogP contribution in [0, 0.1) is 0 Å². The van der Waals surface area contributed by atoms with Crippen LogP contribution in [0.3, 0.4) is 0 Å². The van der Waals surface area contributed by atoms with Crippen molar-refractivity contribution in [2.24, 2.45) is 0 Å². The second-order valence-electron chi connectivity index (χ2n) is 6.44. The average molecular weight is 401 g/mol. The van der Waals surface area contributed by atoms with Gasteiger partial charge in [-0.25, -0.2) is 0 Å². The van der Waals surface area contributed by atoms with Gasteiger partial charge >= 0.3 is 0 Å². The normalized spacial score (nSPS) is 11.5. The fourth-order valence-electron chi connectivity index (χ4n) is 2.85. The minimum Gasteiger partial charge on any atom is -0.496 e. The van der Waals surface area contributed by atoms with Gasteiger partial charge in [0.2, 0.25) is 5.91 Å². The molecule has 0 aliphatic rings. The molecule has 2 rings (SSSR count). The summed E-state index contributed by atoms with van der Waals surface area (Å²) in [4.78, 5) is 25.5. The average Bonchev–Trinajstić information content (AvgIpc) is 2.72. The number of aryl methyl sites for hydroxylation is 1. The number of amides is 2. The molecular weight excluding hydrogens is 372 g/mol. The van der Waals surface area contributed by atoms with Gasteiger partial charge in [-0.1, -0.05) is 37.6 Å². The minimum absolute atomic E-state index is 0.222. The highest BCUT2D eigenvalue weighted by Crippen LogP contribution is 2.18. The molecule has 0 heterocycles. The van der Waals surface area contributed by atoms with Gasteiger partial charge in [0.15, 0.2) is 0 Å². The van der Waals surface area contributed by atoms with Crippen LogP contribution in [-0.2, 0) is 11.2 Å². The summed E-state index contributed by atoms with van der Waals surface area (Å²) >= 11 is 1.64. The summed E-state index contributed by atoms with van der Waals surface area (Å²) in [6.45, 7) is 2.14. The zero-order chi connectivity index (χ0) is 20.4. The Morgan fingerprint density at radius 2 is 1.82 bits per heavy atom. The summed E-state index contributed by atoms with van der Waals surface area (Å²) in [6.07, 6.45) is 4.61. The van der Waals surface area contributed by atoms with E-state index in [1.807, 2.05) is 30.5 Å². The number of hydrogen-bond acceptors (Lipinski definition) is 4. The van der Waals surface area contributed by atoms with Gasteiger partial charge in [-0.05, 0) is 54.7 Å². The summed E-state index contributed by atoms with van der Waals surface area (Å²) in [7, 11) is 1.52. The van der Waals surface area contributed by atoms with E-state index in [-0.39, 0.29) is 11.8 Å². The molecule has 0 bridgehead atoms. The molecule has 0 saturated heterocycles. The van der Waals surface area contributed by atoms with E-state index in [4.69, 9.17) is 4.74 Å². The lowest BCUT2D eigenvalue weighted by atomic mass is 10.1. The Kier molecular flexibility index (Phi) is 8.88. The molecule has 2 aromatic rings. The Balaban J connectivity index is 2.08. The monoisotopic (exact) mass is 400 g/mol. The van der Waals surface area contributed by atoms with Gasteiger partial charge in [-0.3, -0.25) is 9.59 Å². The highest BCUT2D eigenvalue weighted by molar-refractivity contribution is 7.98. The van der Waals surface area contributed by atoms with Crippen LogP contribution >= 0.6 is 11.8 Å². The number of carbonyl (C=O) groups is 2. The maximum atomic E-state index is 12.8. The van der Waals surface area contributed by atoms with Crippen LogP contribution in [-0.4, -0.2) is 37.0 Å². The summed E-state index contributed by atoms with van der Waals surface area (Å²) in [5.74, 6) is 0.702. The van der Waals surface area contributed by atoms with Crippen molar-refractivity contribution in [2.45, 2.75) is 32.2 Å². The standard InChI is InChI=1S/C22H28N2O3S/c1-4-7-16-10-12-17(13-11-16)23-22(26)19(14-15-28-3)24-21(25)18-8-5-6-9-20(18)27-2/h5-6,8-13,19H,4,7,14-15H2,1-3H3,(H,23,26)(H,24,25). The van der Waals surface area contributed by atoms with Crippen LogP contribution in [0.1, 0.15) is 35.7 Å². The number of nitrogens with one attached hydrogen (secondary N) is 2. The molecule has 6 heteroatoms. The van der Waals surface area contributed by atoms with Crippen molar-refractivity contribution < 1.29 is 14.3 Å². The second kappa shape index (κ2) is 11.4. The molecule has 28 heavy (non-hydrogen) atoms. The lowest BCUT2D eigenvalue weighted by molar-refractivity contribution is -0.118. The molecule has 2 N–H and O–H groups in total. The van der Waals surface area contributed by atoms with Gasteiger partial charge in [0.05, 0.1) is 12.7 Å². The van der Waals surface area contributed by atoms with Crippen LogP contribution in [0.2, 0.25) is 0 Å². The third-order valence-corrected chi connectivity index (χ3v) is 4.99. The summed E-state index contributed by atoms with van der Waals surface area (Å²) < 4.78 is 5.25. The SMILES string of the molecule is CCCc1ccc(NC(=O)C(CCSC)NC(=O)c2ccccc2OC)cc1. The Morgan fingerprint density at radius 1 is 1.11 bits per heavy atom. The van der Waals surface area contributed by atoms with Crippen molar-refractivity contribution in [3.05, 3.63) is 59.7 Å². The van der Waals surface area contributed by atoms with Crippen LogP contribution in [0.15, 0.2) is 48.5 Å². The number of hydrogen-bond donors (Lipinski definition) is 2. The maximum Gasteiger partial charge on any atom is 0.255 e. The van der Waals surface area contributed by atoms with E-state index in [1.54, 1.807) is 36.0 Å². The summed E-state index contributed by atoms with van der Waals surface area (Å²) in [6, 6.07) is 14.2. The molecular formula is C22H28N2O3S. The van der Waals surface area contributed by atoms with Gasteiger partial charge in [-0.15, -0.1) is 0 Å². The number of thioether (sulfide) groups is 1. The number of rotatable bonds is 10. The van der Waals surface area contributed by atoms with Crippen LogP contribution in [0.4, 0.5) is 5.69 Å². The molecule has 2 aromatic carbocycles. The smallest absolute Gasteiger partial charge is 0.255 e. The van der Waals surface area contributed by atoms with E-state index in [2.05, 4.69) is 17.6 Å². The highest BCUT2D eigenvalue weighted by Gasteiger charge is 2.22. The van der Waals surface area contributed by atoms with Crippen LogP contribution in [0.25, 0.3) is 0 Å². The number of anilines is 1. The Labute approximate surface area is 171 Å². The van der Waals surface area contributed by atoms with Gasteiger partial charge in [-0.2, -0.15) is 11.8 Å². The first kappa shape index (κ1) is 21.8. The van der Waals surface area contributed by atoms with Gasteiger partial charge < -0.3 is 15.4 Å². The first-order chi connectivity index (χ1) is 13.6. The van der Waals surface area contributed by atoms with E-state index in [0.29, 0.717) is 17.7 Å². The van der Waals surface area contributed by atoms with Crippen LogP contribution in [0.5, 0.6) is 5.75 Å². The van der Waals surface area contributed by atoms with Crippen molar-refractivity contribution in [3.63, 3.8) is 0 Å². The molecule has 150 valence electrons. The number of para-hydroxylation sites is 1. The van der Waals surface area contributed by atoms with E-state index >= 15 is 0 Å². The highest BCUT2D eigenvalue weighted by atomic mass is 32.2. The van der Waals surface area contributed by atoms with E-state index in [1.165, 1.54) is 12.7 Å². The quantitative estimate of drug-likeness (QED) is 0.629. The van der Waals surface area contributed by atoms with Crippen molar-refractivity contribution in [3.8, 4) is 5.75 Å². The Bertz CT molecular complexity index is 778. The molecule has 0 saturated carbocycles. The fourth-order valence-corrected chi connectivity index (χ4v) is 3.32. The molecule has 0 aromatic heterocycles. The molecule has 0 radical (unpaired) electrons. The van der Waals surface area contributed by atoms with Crippen molar-refractivity contribution >= 4 is 29.3 Å². The second-order valence-corrected chi connectivity index (χ2v) is 7.43. The lowest BCUT2D eigenvalue weighted by Gasteiger charge is -2.19. The molecule has 1 unspecified atom stereocenters. The van der Waals surface area contributed by atoms with Gasteiger partial charge in [0.1, 0.15) is 11.8 Å². The lowest BCUT2D eigenvalue weighted by Crippen LogP contribution is -2.44. The first-order valence-electron chi connectivity index (χ1n) is 9.41. The molecule has 0 aliphatic heterocycles. The summed E-state index contributed by atoms with van der Waals surface area (Å²) in [5, 5.41) is 5.76. The maximum absolute atomic E-state index is 12.8. The van der Waals surface area contributed by atoms with Crippen LogP contribution < -0.4 is 15.4 Å². The summed E-state index contributed by atoms with van der Waals surface area (Å²) in [5.41, 5.74) is 2.38. The van der Waals surface area contributed by atoms with E-state index in [9.17, 15) is 9.59 Å². The molecule has 5 nitrogen and oxygen atoms in total. The minimum atomic E-state index is -0.625. The topological polar surface area (TPSA) is 67.4 Å². The Morgan fingerprint density at radius 3 is 2.46 bits per heavy atom. The fraction of sp³-hybridized carbons (Fsp3) is 0.364. The van der Waals surface area contributed by atoms with E-state index < -0.39 is 6.04 Å².